The highest BCUT2D eigenvalue weighted by Crippen LogP contribution is 2.16. The van der Waals surface area contributed by atoms with Gasteiger partial charge in [0, 0.05) is 12.6 Å². The first kappa shape index (κ1) is 16.4. The Kier molecular flexibility index (Phi) is 5.88. The van der Waals surface area contributed by atoms with Crippen LogP contribution in [0.2, 0.25) is 0 Å². The first-order valence-electron chi connectivity index (χ1n) is 6.54. The van der Waals surface area contributed by atoms with Crippen LogP contribution in [-0.4, -0.2) is 21.0 Å². The Morgan fingerprint density at radius 2 is 2.05 bits per heavy atom. The molecule has 5 nitrogen and oxygen atoms in total. The number of hydrazine groups is 1. The van der Waals surface area contributed by atoms with Crippen molar-refractivity contribution in [1.29, 1.82) is 0 Å². The molecule has 1 heterocycles. The van der Waals surface area contributed by atoms with E-state index in [2.05, 4.69) is 10.3 Å². The van der Waals surface area contributed by atoms with E-state index in [0.29, 0.717) is 15.9 Å². The van der Waals surface area contributed by atoms with Gasteiger partial charge in [-0.3, -0.25) is 14.8 Å². The number of hydrogen-bond donors (Lipinski definition) is 2. The van der Waals surface area contributed by atoms with Crippen molar-refractivity contribution in [2.45, 2.75) is 6.92 Å². The van der Waals surface area contributed by atoms with E-state index >= 15 is 0 Å². The average molecular weight is 332 g/mol. The van der Waals surface area contributed by atoms with E-state index in [-0.39, 0.29) is 5.78 Å². The monoisotopic (exact) mass is 332 g/mol. The standard InChI is InChI=1S/C15H16N4OS2/c1-11(20)14-8-7-13(9-17-14)19(16)10-22-15(21)18-12-5-3-2-4-6-12/h2-9H,10,16H2,1H3,(H,18,21). The van der Waals surface area contributed by atoms with E-state index in [4.69, 9.17) is 18.1 Å². The number of nitrogens with one attached hydrogen (secondary N) is 1. The summed E-state index contributed by atoms with van der Waals surface area (Å²) in [5, 5.41) is 4.65. The maximum Gasteiger partial charge on any atom is 0.178 e. The van der Waals surface area contributed by atoms with Crippen LogP contribution in [0.25, 0.3) is 0 Å². The number of hydrogen-bond acceptors (Lipinski definition) is 6. The van der Waals surface area contributed by atoms with Crippen molar-refractivity contribution < 1.29 is 4.79 Å². The summed E-state index contributed by atoms with van der Waals surface area (Å²) in [7, 11) is 0. The van der Waals surface area contributed by atoms with Crippen LogP contribution in [0.3, 0.4) is 0 Å². The van der Waals surface area contributed by atoms with Gasteiger partial charge in [0.2, 0.25) is 0 Å². The van der Waals surface area contributed by atoms with Crippen LogP contribution in [-0.2, 0) is 0 Å². The molecule has 2 aromatic rings. The molecule has 1 aromatic heterocycles. The second kappa shape index (κ2) is 7.88. The summed E-state index contributed by atoms with van der Waals surface area (Å²) < 4.78 is 0.634. The first-order valence-corrected chi connectivity index (χ1v) is 7.93. The summed E-state index contributed by atoms with van der Waals surface area (Å²) in [4.78, 5) is 15.2. The number of nitrogens with zero attached hydrogens (tertiary/aromatic N) is 2. The molecule has 0 saturated heterocycles. The van der Waals surface area contributed by atoms with E-state index in [1.807, 2.05) is 30.3 Å². The fraction of sp³-hybridized carbons (Fsp3) is 0.133. The number of benzene rings is 1. The van der Waals surface area contributed by atoms with Crippen molar-refractivity contribution in [3.8, 4) is 0 Å². The van der Waals surface area contributed by atoms with Gasteiger partial charge < -0.3 is 5.32 Å². The van der Waals surface area contributed by atoms with Crippen LogP contribution in [0.5, 0.6) is 0 Å². The highest BCUT2D eigenvalue weighted by Gasteiger charge is 2.06. The number of thioether (sulfide) groups is 1. The SMILES string of the molecule is CC(=O)c1ccc(N(N)CSC(=S)Nc2ccccc2)cn1. The predicted octanol–water partition coefficient (Wildman–Crippen LogP) is 3.05. The molecular formula is C15H16N4OS2. The largest absolute Gasteiger partial charge is 0.341 e. The molecule has 0 aliphatic heterocycles. The Bertz CT molecular complexity index is 646. The Balaban J connectivity index is 1.85. The lowest BCUT2D eigenvalue weighted by Crippen LogP contribution is -2.31. The van der Waals surface area contributed by atoms with Gasteiger partial charge >= 0.3 is 0 Å². The highest BCUT2D eigenvalue weighted by atomic mass is 32.2. The van der Waals surface area contributed by atoms with Gasteiger partial charge in [0.05, 0.1) is 17.8 Å². The lowest BCUT2D eigenvalue weighted by atomic mass is 10.2. The Morgan fingerprint density at radius 3 is 2.64 bits per heavy atom. The number of nitrogens with two attached hydrogens (primary N) is 1. The van der Waals surface area contributed by atoms with Crippen molar-refractivity contribution in [3.63, 3.8) is 0 Å². The second-order valence-electron chi connectivity index (χ2n) is 4.48. The molecule has 7 heteroatoms. The number of aromatic nitrogens is 1. The fourth-order valence-corrected chi connectivity index (χ4v) is 2.51. The van der Waals surface area contributed by atoms with Gasteiger partial charge in [0.1, 0.15) is 10.0 Å². The quantitative estimate of drug-likeness (QED) is 0.287. The van der Waals surface area contributed by atoms with E-state index in [1.54, 1.807) is 18.3 Å². The number of rotatable bonds is 5. The van der Waals surface area contributed by atoms with Gasteiger partial charge in [-0.25, -0.2) is 5.84 Å². The van der Waals surface area contributed by atoms with Crippen LogP contribution < -0.4 is 16.2 Å². The van der Waals surface area contributed by atoms with Crippen molar-refractivity contribution in [3.05, 3.63) is 54.4 Å². The van der Waals surface area contributed by atoms with Gasteiger partial charge in [-0.2, -0.15) is 0 Å². The minimum absolute atomic E-state index is 0.0715. The number of anilines is 2. The van der Waals surface area contributed by atoms with E-state index in [1.165, 1.54) is 23.7 Å². The van der Waals surface area contributed by atoms with Crippen molar-refractivity contribution in [2.75, 3.05) is 16.2 Å². The molecule has 2 rings (SSSR count). The zero-order valence-electron chi connectivity index (χ0n) is 12.0. The molecule has 0 amide bonds. The Morgan fingerprint density at radius 1 is 1.32 bits per heavy atom. The molecule has 3 N–H and O–H groups in total. The van der Waals surface area contributed by atoms with Crippen LogP contribution in [0.15, 0.2) is 48.7 Å². The number of thiocarbonyl (C=S) groups is 1. The van der Waals surface area contributed by atoms with Crippen molar-refractivity contribution in [2.24, 2.45) is 5.84 Å². The minimum Gasteiger partial charge on any atom is -0.341 e. The lowest BCUT2D eigenvalue weighted by Gasteiger charge is -2.18. The third-order valence-electron chi connectivity index (χ3n) is 2.80. The third kappa shape index (κ3) is 4.80. The third-order valence-corrected chi connectivity index (χ3v) is 4.02. The molecule has 0 unspecified atom stereocenters. The number of para-hydroxylation sites is 1. The summed E-state index contributed by atoms with van der Waals surface area (Å²) in [5.74, 6) is 6.36. The maximum atomic E-state index is 11.2. The van der Waals surface area contributed by atoms with E-state index < -0.39 is 0 Å². The van der Waals surface area contributed by atoms with Crippen LogP contribution >= 0.6 is 24.0 Å². The molecular weight excluding hydrogens is 316 g/mol. The first-order chi connectivity index (χ1) is 10.6. The van der Waals surface area contributed by atoms with E-state index in [9.17, 15) is 4.79 Å². The maximum absolute atomic E-state index is 11.2. The van der Waals surface area contributed by atoms with Gasteiger partial charge in [-0.05, 0) is 24.3 Å². The number of Topliss-reactive ketones (excluding diaryl/α,β-unsaturated/α-hetero) is 1. The molecule has 0 spiro atoms. The minimum atomic E-state index is -0.0715. The summed E-state index contributed by atoms with van der Waals surface area (Å²) in [6, 6.07) is 13.1. The fourth-order valence-electron chi connectivity index (χ4n) is 1.64. The molecule has 22 heavy (non-hydrogen) atoms. The number of ketones is 1. The van der Waals surface area contributed by atoms with Crippen LogP contribution in [0.1, 0.15) is 17.4 Å². The molecule has 114 valence electrons. The zero-order chi connectivity index (χ0) is 15.9. The lowest BCUT2D eigenvalue weighted by molar-refractivity contribution is 0.101. The summed E-state index contributed by atoms with van der Waals surface area (Å²) >= 11 is 6.68. The van der Waals surface area contributed by atoms with Crippen LogP contribution in [0.4, 0.5) is 11.4 Å². The van der Waals surface area contributed by atoms with Crippen LogP contribution in [0, 0.1) is 0 Å². The number of pyridine rings is 1. The molecule has 0 atom stereocenters. The van der Waals surface area contributed by atoms with Gasteiger partial charge in [0.25, 0.3) is 0 Å². The predicted molar refractivity (Wildman–Crippen MR) is 96.0 cm³/mol. The van der Waals surface area contributed by atoms with E-state index in [0.717, 1.165) is 11.4 Å². The highest BCUT2D eigenvalue weighted by molar-refractivity contribution is 8.23. The van der Waals surface area contributed by atoms with Crippen molar-refractivity contribution >= 4 is 45.5 Å². The number of carbonyl (C=O) groups is 1. The van der Waals surface area contributed by atoms with Crippen molar-refractivity contribution in [1.82, 2.24) is 4.98 Å². The van der Waals surface area contributed by atoms with Gasteiger partial charge in [0.15, 0.2) is 5.78 Å². The normalized spacial score (nSPS) is 10.1. The molecule has 0 fully saturated rings. The summed E-state index contributed by atoms with van der Waals surface area (Å²) in [6.07, 6.45) is 1.57. The molecule has 0 aliphatic rings. The molecule has 1 aromatic carbocycles. The molecule has 0 radical (unpaired) electrons. The second-order valence-corrected chi connectivity index (χ2v) is 6.10. The summed E-state index contributed by atoms with van der Waals surface area (Å²) in [5.41, 5.74) is 2.09. The topological polar surface area (TPSA) is 71.2 Å². The smallest absolute Gasteiger partial charge is 0.178 e. The van der Waals surface area contributed by atoms with Gasteiger partial charge in [-0.15, -0.1) is 0 Å². The zero-order valence-corrected chi connectivity index (χ0v) is 13.7. The number of carbonyl (C=O) groups excluding carboxylic acids is 1. The Hall–Kier alpha value is -1.96. The van der Waals surface area contributed by atoms with Gasteiger partial charge in [-0.1, -0.05) is 42.2 Å². The molecule has 0 saturated carbocycles. The molecule has 0 bridgehead atoms. The summed E-state index contributed by atoms with van der Waals surface area (Å²) in [6.45, 7) is 1.48. The molecule has 0 aliphatic carbocycles. The average Bonchev–Trinajstić information content (AvgIpc) is 2.53. The Labute approximate surface area is 138 Å².